The summed E-state index contributed by atoms with van der Waals surface area (Å²) in [6.45, 7) is -0.540. The predicted octanol–water partition coefficient (Wildman–Crippen LogP) is 0.279. The minimum atomic E-state index is -0.683. The lowest BCUT2D eigenvalue weighted by Crippen LogP contribution is -2.38. The second-order valence-corrected chi connectivity index (χ2v) is 5.17. The summed E-state index contributed by atoms with van der Waals surface area (Å²) in [6, 6.07) is 10.2. The number of rotatable bonds is 5. The number of anilines is 1. The van der Waals surface area contributed by atoms with Crippen LogP contribution in [-0.2, 0) is 28.4 Å². The molecule has 0 aliphatic heterocycles. The van der Waals surface area contributed by atoms with E-state index in [1.165, 1.54) is 20.2 Å². The molecule has 0 aliphatic carbocycles. The first-order chi connectivity index (χ1) is 11.9. The number of nitrogens with one attached hydrogen (secondary N) is 1. The smallest absolute Gasteiger partial charge is 0.332 e. The Morgan fingerprint density at radius 1 is 1.12 bits per heavy atom. The number of amides is 1. The summed E-state index contributed by atoms with van der Waals surface area (Å²) in [5, 5.41) is 2.36. The van der Waals surface area contributed by atoms with Crippen LogP contribution in [0.25, 0.3) is 6.08 Å². The van der Waals surface area contributed by atoms with E-state index in [1.807, 2.05) is 30.3 Å². The Kier molecular flexibility index (Phi) is 5.67. The van der Waals surface area contributed by atoms with Crippen LogP contribution in [0, 0.1) is 0 Å². The second kappa shape index (κ2) is 7.91. The van der Waals surface area contributed by atoms with Crippen molar-refractivity contribution >= 4 is 23.8 Å². The molecule has 8 heteroatoms. The highest BCUT2D eigenvalue weighted by atomic mass is 16.5. The third kappa shape index (κ3) is 4.77. The van der Waals surface area contributed by atoms with Crippen LogP contribution in [0.4, 0.5) is 5.82 Å². The molecule has 2 rings (SSSR count). The molecule has 0 saturated heterocycles. The van der Waals surface area contributed by atoms with Crippen molar-refractivity contribution < 1.29 is 14.3 Å². The first-order valence-corrected chi connectivity index (χ1v) is 7.35. The maximum atomic E-state index is 11.8. The zero-order valence-corrected chi connectivity index (χ0v) is 13.8. The summed E-state index contributed by atoms with van der Waals surface area (Å²) >= 11 is 0. The summed E-state index contributed by atoms with van der Waals surface area (Å²) in [5.41, 5.74) is -0.314. The lowest BCUT2D eigenvalue weighted by atomic mass is 10.2. The summed E-state index contributed by atoms with van der Waals surface area (Å²) in [4.78, 5) is 46.8. The number of benzene rings is 1. The first-order valence-electron chi connectivity index (χ1n) is 7.35. The van der Waals surface area contributed by atoms with Gasteiger partial charge < -0.3 is 10.1 Å². The van der Waals surface area contributed by atoms with Crippen LogP contribution in [0.3, 0.4) is 0 Å². The van der Waals surface area contributed by atoms with Crippen molar-refractivity contribution in [3.63, 3.8) is 0 Å². The second-order valence-electron chi connectivity index (χ2n) is 5.17. The first kappa shape index (κ1) is 17.9. The number of nitrogens with zero attached hydrogens (tertiary/aromatic N) is 2. The molecule has 0 saturated carbocycles. The molecular weight excluding hydrogens is 326 g/mol. The fraction of sp³-hybridized carbons (Fsp3) is 0.176. The molecule has 0 fully saturated rings. The van der Waals surface area contributed by atoms with Gasteiger partial charge in [0.05, 0.1) is 0 Å². The van der Waals surface area contributed by atoms with E-state index >= 15 is 0 Å². The van der Waals surface area contributed by atoms with Crippen LogP contribution in [0.2, 0.25) is 0 Å². The molecule has 0 unspecified atom stereocenters. The van der Waals surface area contributed by atoms with Gasteiger partial charge in [0, 0.05) is 26.2 Å². The molecule has 25 heavy (non-hydrogen) atoms. The van der Waals surface area contributed by atoms with Gasteiger partial charge in [-0.2, -0.15) is 0 Å². The van der Waals surface area contributed by atoms with Crippen LogP contribution in [0.1, 0.15) is 5.56 Å². The van der Waals surface area contributed by atoms with Gasteiger partial charge in [-0.25, -0.2) is 9.59 Å². The number of aromatic nitrogens is 2. The summed E-state index contributed by atoms with van der Waals surface area (Å²) in [5.74, 6) is -1.32. The molecule has 2 aromatic rings. The standard InChI is InChI=1S/C17H17N3O5/c1-19-13(10-15(22)20(2)17(19)24)18-14(21)11-25-16(23)9-8-12-6-4-3-5-7-12/h3-10H,11H2,1-2H3,(H,18,21). The Morgan fingerprint density at radius 2 is 1.80 bits per heavy atom. The highest BCUT2D eigenvalue weighted by Crippen LogP contribution is 2.02. The fourth-order valence-corrected chi connectivity index (χ4v) is 1.94. The van der Waals surface area contributed by atoms with Crippen molar-refractivity contribution in [2.45, 2.75) is 0 Å². The average molecular weight is 343 g/mol. The quantitative estimate of drug-likeness (QED) is 0.621. The maximum Gasteiger partial charge on any atom is 0.332 e. The largest absolute Gasteiger partial charge is 0.452 e. The van der Waals surface area contributed by atoms with E-state index < -0.39 is 29.7 Å². The molecule has 0 bridgehead atoms. The van der Waals surface area contributed by atoms with E-state index in [0.717, 1.165) is 20.8 Å². The van der Waals surface area contributed by atoms with E-state index in [-0.39, 0.29) is 5.82 Å². The van der Waals surface area contributed by atoms with Gasteiger partial charge in [-0.1, -0.05) is 30.3 Å². The van der Waals surface area contributed by atoms with Crippen molar-refractivity contribution in [1.82, 2.24) is 9.13 Å². The number of hydrogen-bond donors (Lipinski definition) is 1. The minimum absolute atomic E-state index is 0.0222. The average Bonchev–Trinajstić information content (AvgIpc) is 2.61. The molecule has 1 aromatic carbocycles. The van der Waals surface area contributed by atoms with Gasteiger partial charge in [0.25, 0.3) is 11.5 Å². The molecule has 1 heterocycles. The lowest BCUT2D eigenvalue weighted by molar-refractivity contribution is -0.142. The van der Waals surface area contributed by atoms with Gasteiger partial charge in [0.15, 0.2) is 6.61 Å². The molecule has 0 spiro atoms. The molecule has 1 N–H and O–H groups in total. The molecule has 1 aromatic heterocycles. The summed E-state index contributed by atoms with van der Waals surface area (Å²) < 4.78 is 6.83. The normalized spacial score (nSPS) is 10.6. The van der Waals surface area contributed by atoms with E-state index in [1.54, 1.807) is 6.08 Å². The van der Waals surface area contributed by atoms with Crippen molar-refractivity contribution in [2.75, 3.05) is 11.9 Å². The van der Waals surface area contributed by atoms with Crippen molar-refractivity contribution in [2.24, 2.45) is 14.1 Å². The Bertz CT molecular complexity index is 926. The Labute approximate surface area is 143 Å². The molecular formula is C17H17N3O5. The summed E-state index contributed by atoms with van der Waals surface area (Å²) in [7, 11) is 2.74. The van der Waals surface area contributed by atoms with Gasteiger partial charge in [0.2, 0.25) is 0 Å². The van der Waals surface area contributed by atoms with E-state index in [2.05, 4.69) is 5.32 Å². The number of ether oxygens (including phenoxy) is 1. The molecule has 130 valence electrons. The number of esters is 1. The van der Waals surface area contributed by atoms with Gasteiger partial charge >= 0.3 is 11.7 Å². The van der Waals surface area contributed by atoms with Crippen LogP contribution in [-0.4, -0.2) is 27.6 Å². The fourth-order valence-electron chi connectivity index (χ4n) is 1.94. The van der Waals surface area contributed by atoms with Crippen LogP contribution >= 0.6 is 0 Å². The third-order valence-corrected chi connectivity index (χ3v) is 3.35. The molecule has 0 atom stereocenters. The molecule has 1 amide bonds. The summed E-state index contributed by atoms with van der Waals surface area (Å²) in [6.07, 6.45) is 2.77. The van der Waals surface area contributed by atoms with Gasteiger partial charge in [-0.15, -0.1) is 0 Å². The zero-order chi connectivity index (χ0) is 18.4. The lowest BCUT2D eigenvalue weighted by Gasteiger charge is -2.10. The zero-order valence-electron chi connectivity index (χ0n) is 13.8. The van der Waals surface area contributed by atoms with E-state index in [0.29, 0.717) is 0 Å². The predicted molar refractivity (Wildman–Crippen MR) is 92.0 cm³/mol. The Hall–Kier alpha value is -3.42. The van der Waals surface area contributed by atoms with Crippen LogP contribution in [0.15, 0.2) is 52.1 Å². The highest BCUT2D eigenvalue weighted by molar-refractivity contribution is 5.94. The number of carbonyl (C=O) groups is 2. The number of carbonyl (C=O) groups excluding carboxylic acids is 2. The van der Waals surface area contributed by atoms with E-state index in [9.17, 15) is 19.2 Å². The van der Waals surface area contributed by atoms with Gasteiger partial charge in [-0.3, -0.25) is 18.7 Å². The molecule has 8 nitrogen and oxygen atoms in total. The van der Waals surface area contributed by atoms with Gasteiger partial charge in [0.1, 0.15) is 5.82 Å². The molecule has 0 radical (unpaired) electrons. The topological polar surface area (TPSA) is 99.4 Å². The van der Waals surface area contributed by atoms with Crippen molar-refractivity contribution in [3.05, 3.63) is 68.9 Å². The monoisotopic (exact) mass is 343 g/mol. The third-order valence-electron chi connectivity index (χ3n) is 3.35. The number of hydrogen-bond acceptors (Lipinski definition) is 5. The molecule has 0 aliphatic rings. The highest BCUT2D eigenvalue weighted by Gasteiger charge is 2.10. The Morgan fingerprint density at radius 3 is 2.48 bits per heavy atom. The Balaban J connectivity index is 1.93. The van der Waals surface area contributed by atoms with Gasteiger partial charge in [-0.05, 0) is 11.6 Å². The minimum Gasteiger partial charge on any atom is -0.452 e. The van der Waals surface area contributed by atoms with E-state index in [4.69, 9.17) is 4.74 Å². The van der Waals surface area contributed by atoms with Crippen molar-refractivity contribution in [1.29, 1.82) is 0 Å². The SMILES string of the molecule is Cn1c(NC(=O)COC(=O)C=Cc2ccccc2)cc(=O)n(C)c1=O. The van der Waals surface area contributed by atoms with Crippen LogP contribution < -0.4 is 16.6 Å². The van der Waals surface area contributed by atoms with Crippen molar-refractivity contribution in [3.8, 4) is 0 Å². The van der Waals surface area contributed by atoms with Crippen LogP contribution in [0.5, 0.6) is 0 Å². The maximum absolute atomic E-state index is 11.8.